The van der Waals surface area contributed by atoms with Gasteiger partial charge in [-0.2, -0.15) is 0 Å². The number of para-hydroxylation sites is 1. The molecule has 212 valence electrons. The maximum absolute atomic E-state index is 12.4. The molecule has 0 bridgehead atoms. The number of rotatable bonds is 10. The van der Waals surface area contributed by atoms with E-state index in [-0.39, 0.29) is 17.6 Å². The molecule has 2 aromatic heterocycles. The summed E-state index contributed by atoms with van der Waals surface area (Å²) in [6, 6.07) is 17.0. The van der Waals surface area contributed by atoms with Gasteiger partial charge in [0.25, 0.3) is 0 Å². The Labute approximate surface area is 237 Å². The van der Waals surface area contributed by atoms with Crippen LogP contribution in [0.25, 0.3) is 10.9 Å². The van der Waals surface area contributed by atoms with Crippen LogP contribution in [-0.4, -0.2) is 59.1 Å². The van der Waals surface area contributed by atoms with Crippen LogP contribution in [0.4, 0.5) is 5.69 Å². The first kappa shape index (κ1) is 27.8. The molecule has 1 N–H and O–H groups in total. The molecule has 2 aromatic carbocycles. The zero-order chi connectivity index (χ0) is 28.6. The molecule has 11 nitrogen and oxygen atoms in total. The van der Waals surface area contributed by atoms with Gasteiger partial charge < -0.3 is 19.4 Å². The van der Waals surface area contributed by atoms with Crippen LogP contribution in [0.15, 0.2) is 82.4 Å². The highest BCUT2D eigenvalue weighted by Gasteiger charge is 2.26. The summed E-state index contributed by atoms with van der Waals surface area (Å²) >= 11 is 0. The highest BCUT2D eigenvalue weighted by Crippen LogP contribution is 2.40. The first-order valence-electron chi connectivity index (χ1n) is 13.3. The topological polar surface area (TPSA) is 123 Å². The van der Waals surface area contributed by atoms with Crippen molar-refractivity contribution >= 4 is 28.7 Å². The van der Waals surface area contributed by atoms with Gasteiger partial charge in [0.1, 0.15) is 0 Å². The van der Waals surface area contributed by atoms with Crippen molar-refractivity contribution in [3.63, 3.8) is 0 Å². The van der Waals surface area contributed by atoms with Crippen molar-refractivity contribution in [1.29, 1.82) is 0 Å². The van der Waals surface area contributed by atoms with Gasteiger partial charge in [-0.25, -0.2) is 0 Å². The number of oxime groups is 1. The predicted molar refractivity (Wildman–Crippen MR) is 154 cm³/mol. The normalized spacial score (nSPS) is 16.0. The maximum atomic E-state index is 12.4. The Bertz CT molecular complexity index is 1550. The van der Waals surface area contributed by atoms with Crippen molar-refractivity contribution in [2.24, 2.45) is 15.4 Å². The molecular weight excluding hydrogens is 524 g/mol. The number of likely N-dealkylation sites (tertiary alicyclic amines) is 1. The molecule has 5 rings (SSSR count). The monoisotopic (exact) mass is 556 g/mol. The van der Waals surface area contributed by atoms with E-state index in [9.17, 15) is 9.90 Å². The highest BCUT2D eigenvalue weighted by molar-refractivity contribution is 5.95. The van der Waals surface area contributed by atoms with Gasteiger partial charge in [0, 0.05) is 35.9 Å². The molecule has 1 aliphatic rings. The summed E-state index contributed by atoms with van der Waals surface area (Å²) in [5, 5.41) is 23.6. The van der Waals surface area contributed by atoms with E-state index in [1.54, 1.807) is 38.6 Å². The number of pyridine rings is 1. The smallest absolute Gasteiger partial charge is 0.304 e. The molecule has 1 saturated heterocycles. The van der Waals surface area contributed by atoms with Gasteiger partial charge in [0.05, 0.1) is 32.6 Å². The summed E-state index contributed by atoms with van der Waals surface area (Å²) in [6.45, 7) is 0.943. The summed E-state index contributed by atoms with van der Waals surface area (Å²) < 4.78 is 12.3. The van der Waals surface area contributed by atoms with Crippen LogP contribution in [0.1, 0.15) is 36.4 Å². The lowest BCUT2D eigenvalue weighted by Gasteiger charge is -2.36. The molecule has 0 unspecified atom stereocenters. The third-order valence-corrected chi connectivity index (χ3v) is 7.06. The van der Waals surface area contributed by atoms with Crippen molar-refractivity contribution in [1.82, 2.24) is 14.5 Å². The second kappa shape index (κ2) is 13.1. The molecule has 0 saturated carbocycles. The van der Waals surface area contributed by atoms with Gasteiger partial charge in [-0.1, -0.05) is 35.8 Å². The van der Waals surface area contributed by atoms with Crippen LogP contribution in [0.5, 0.6) is 17.4 Å². The number of nitrogens with zero attached hydrogens (tertiary/aromatic N) is 6. The number of ether oxygens (including phenoxy) is 2. The van der Waals surface area contributed by atoms with Crippen LogP contribution in [0.3, 0.4) is 0 Å². The summed E-state index contributed by atoms with van der Waals surface area (Å²) in [5.74, 6) is 0.451. The molecule has 3 heterocycles. The van der Waals surface area contributed by atoms with Gasteiger partial charge in [-0.05, 0) is 48.7 Å². The fourth-order valence-electron chi connectivity index (χ4n) is 5.06. The first-order chi connectivity index (χ1) is 20.1. The summed E-state index contributed by atoms with van der Waals surface area (Å²) in [5.41, 5.74) is 2.90. The number of aromatic hydroxyl groups is 1. The Morgan fingerprint density at radius 1 is 1.10 bits per heavy atom. The number of azo groups is 1. The number of carbonyl (C=O) groups excluding carboxylic acids is 1. The maximum Gasteiger partial charge on any atom is 0.304 e. The minimum Gasteiger partial charge on any atom is -0.493 e. The Morgan fingerprint density at radius 2 is 1.95 bits per heavy atom. The molecular formula is C30H32N6O5. The Balaban J connectivity index is 1.28. The Hall–Kier alpha value is -4.77. The van der Waals surface area contributed by atoms with E-state index in [1.807, 2.05) is 41.1 Å². The molecule has 1 aliphatic heterocycles. The van der Waals surface area contributed by atoms with Crippen molar-refractivity contribution in [3.05, 3.63) is 78.1 Å². The van der Waals surface area contributed by atoms with Crippen molar-refractivity contribution in [2.75, 3.05) is 27.4 Å². The minimum atomic E-state index is -0.640. The van der Waals surface area contributed by atoms with E-state index in [0.717, 1.165) is 36.9 Å². The van der Waals surface area contributed by atoms with Crippen molar-refractivity contribution in [3.8, 4) is 17.4 Å². The molecule has 0 spiro atoms. The number of methoxy groups -OCH3 is 2. The van der Waals surface area contributed by atoms with E-state index >= 15 is 0 Å². The fourth-order valence-corrected chi connectivity index (χ4v) is 5.06. The number of aromatic nitrogens is 2. The zero-order valence-electron chi connectivity index (χ0n) is 23.0. The number of hydrogen-bond acceptors (Lipinski definition) is 9. The lowest BCUT2D eigenvalue weighted by Crippen LogP contribution is -2.34. The van der Waals surface area contributed by atoms with E-state index < -0.39 is 12.5 Å². The van der Waals surface area contributed by atoms with Crippen LogP contribution in [0.2, 0.25) is 0 Å². The van der Waals surface area contributed by atoms with Crippen LogP contribution < -0.4 is 9.47 Å². The summed E-state index contributed by atoms with van der Waals surface area (Å²) in [7, 11) is 3.10. The fraction of sp³-hybridized carbons (Fsp3) is 0.300. The second-order valence-electron chi connectivity index (χ2n) is 9.59. The average Bonchev–Trinajstić information content (AvgIpc) is 3.28. The van der Waals surface area contributed by atoms with E-state index in [4.69, 9.17) is 14.3 Å². The van der Waals surface area contributed by atoms with Crippen LogP contribution in [-0.2, 0) is 16.3 Å². The minimum absolute atomic E-state index is 0.0503. The van der Waals surface area contributed by atoms with E-state index in [2.05, 4.69) is 31.3 Å². The molecule has 11 heteroatoms. The third-order valence-electron chi connectivity index (χ3n) is 7.06. The number of benzene rings is 2. The predicted octanol–water partition coefficient (Wildman–Crippen LogP) is 5.60. The molecule has 1 atom stereocenters. The molecule has 0 aliphatic carbocycles. The van der Waals surface area contributed by atoms with Crippen molar-refractivity contribution < 1.29 is 24.2 Å². The highest BCUT2D eigenvalue weighted by atomic mass is 16.6. The zero-order valence-corrected chi connectivity index (χ0v) is 23.0. The number of fused-ring (bicyclic) bond motifs is 1. The van der Waals surface area contributed by atoms with E-state index in [1.165, 1.54) is 6.21 Å². The molecule has 41 heavy (non-hydrogen) atoms. The second-order valence-corrected chi connectivity index (χ2v) is 9.59. The number of hydrogen-bond donors (Lipinski definition) is 1. The molecule has 1 amide bonds. The SMILES string of the molecule is COc1ccc(/C=N\OCC(=O)N=Nc2c(O)n(CN3CCCC[C@H]3c3cccnc3)c3ccccc23)cc1OC. The lowest BCUT2D eigenvalue weighted by atomic mass is 9.97. The van der Waals surface area contributed by atoms with Gasteiger partial charge in [0.15, 0.2) is 23.8 Å². The number of carbonyl (C=O) groups is 1. The largest absolute Gasteiger partial charge is 0.493 e. The van der Waals surface area contributed by atoms with Gasteiger partial charge in [-0.3, -0.25) is 19.2 Å². The van der Waals surface area contributed by atoms with Gasteiger partial charge in [-0.15, -0.1) is 10.2 Å². The summed E-state index contributed by atoms with van der Waals surface area (Å²) in [6.07, 6.45) is 8.35. The van der Waals surface area contributed by atoms with Gasteiger partial charge >= 0.3 is 5.91 Å². The quantitative estimate of drug-likeness (QED) is 0.153. The Kier molecular flexibility index (Phi) is 8.85. The molecule has 4 aromatic rings. The van der Waals surface area contributed by atoms with Crippen molar-refractivity contribution in [2.45, 2.75) is 32.0 Å². The third kappa shape index (κ3) is 6.36. The van der Waals surface area contributed by atoms with E-state index in [0.29, 0.717) is 29.1 Å². The lowest BCUT2D eigenvalue weighted by molar-refractivity contribution is -0.122. The Morgan fingerprint density at radius 3 is 2.76 bits per heavy atom. The number of amides is 1. The molecule has 1 fully saturated rings. The number of piperidine rings is 1. The molecule has 0 radical (unpaired) electrons. The van der Waals surface area contributed by atoms with Crippen LogP contribution in [0, 0.1) is 0 Å². The average molecular weight is 557 g/mol. The first-order valence-corrected chi connectivity index (χ1v) is 13.3. The van der Waals surface area contributed by atoms with Crippen LogP contribution >= 0.6 is 0 Å². The summed E-state index contributed by atoms with van der Waals surface area (Å²) in [4.78, 5) is 24.1. The van der Waals surface area contributed by atoms with Gasteiger partial charge in [0.2, 0.25) is 5.88 Å². The standard InChI is InChI=1S/C30H32N6O5/c1-39-26-13-12-21(16-27(26)40-2)17-32-41-19-28(37)33-34-29-23-9-3-4-11-25(23)36(30(29)38)20-35-15-6-5-10-24(35)22-8-7-14-31-18-22/h3-4,7-9,11-14,16-18,24,38H,5-6,10,15,19-20H2,1-2H3/b32-17-,34-33?/t24-/m0/s1.